The summed E-state index contributed by atoms with van der Waals surface area (Å²) in [5.41, 5.74) is 2.38. The highest BCUT2D eigenvalue weighted by molar-refractivity contribution is 5.87. The van der Waals surface area contributed by atoms with Gasteiger partial charge in [-0.3, -0.25) is 19.4 Å². The lowest BCUT2D eigenvalue weighted by molar-refractivity contribution is -0.129. The standard InChI is InChI=1S/C22H36N4O4/c1-6-7-23-22(28)17(3)24-21(27)15-26-10-8-25(9-11-26)14-18-13-20(30-5)19(29-4)12-16(18)2/h12-13,17H,6-11,14-15H2,1-5H3,(H,23,28)(H,24,27)/t17-/m1/s1. The Labute approximate surface area is 179 Å². The highest BCUT2D eigenvalue weighted by Crippen LogP contribution is 2.30. The Morgan fingerprint density at radius 3 is 2.27 bits per heavy atom. The van der Waals surface area contributed by atoms with Gasteiger partial charge in [0.05, 0.1) is 20.8 Å². The van der Waals surface area contributed by atoms with E-state index in [2.05, 4.69) is 27.4 Å². The average Bonchev–Trinajstić information content (AvgIpc) is 2.74. The van der Waals surface area contributed by atoms with E-state index < -0.39 is 6.04 Å². The first-order valence-corrected chi connectivity index (χ1v) is 10.6. The number of hydrogen-bond acceptors (Lipinski definition) is 6. The van der Waals surface area contributed by atoms with E-state index in [4.69, 9.17) is 9.47 Å². The summed E-state index contributed by atoms with van der Waals surface area (Å²) in [6, 6.07) is 3.53. The van der Waals surface area contributed by atoms with Gasteiger partial charge in [0.2, 0.25) is 11.8 Å². The van der Waals surface area contributed by atoms with Crippen LogP contribution in [0, 0.1) is 6.92 Å². The second-order valence-corrected chi connectivity index (χ2v) is 7.77. The molecule has 1 saturated heterocycles. The van der Waals surface area contributed by atoms with Gasteiger partial charge >= 0.3 is 0 Å². The zero-order valence-electron chi connectivity index (χ0n) is 18.9. The number of rotatable bonds is 10. The average molecular weight is 421 g/mol. The molecule has 30 heavy (non-hydrogen) atoms. The van der Waals surface area contributed by atoms with Crippen molar-refractivity contribution in [1.29, 1.82) is 0 Å². The number of carbonyl (C=O) groups excluding carboxylic acids is 2. The molecular formula is C22H36N4O4. The Morgan fingerprint density at radius 1 is 1.07 bits per heavy atom. The zero-order valence-corrected chi connectivity index (χ0v) is 18.9. The zero-order chi connectivity index (χ0) is 22.1. The van der Waals surface area contributed by atoms with Gasteiger partial charge in [-0.15, -0.1) is 0 Å². The van der Waals surface area contributed by atoms with Gasteiger partial charge in [0.25, 0.3) is 0 Å². The molecule has 1 fully saturated rings. The van der Waals surface area contributed by atoms with Crippen LogP contribution < -0.4 is 20.1 Å². The molecule has 168 valence electrons. The van der Waals surface area contributed by atoms with Crippen molar-refractivity contribution in [1.82, 2.24) is 20.4 Å². The van der Waals surface area contributed by atoms with Gasteiger partial charge < -0.3 is 20.1 Å². The lowest BCUT2D eigenvalue weighted by Crippen LogP contribution is -2.52. The minimum Gasteiger partial charge on any atom is -0.493 e. The normalized spacial score (nSPS) is 16.0. The SMILES string of the molecule is CCCNC(=O)[C@@H](C)NC(=O)CN1CCN(Cc2cc(OC)c(OC)cc2C)CC1. The van der Waals surface area contributed by atoms with Crippen LogP contribution in [0.3, 0.4) is 0 Å². The molecule has 0 spiro atoms. The Kier molecular flexibility index (Phi) is 9.39. The molecule has 2 rings (SSSR count). The number of benzene rings is 1. The maximum atomic E-state index is 12.3. The van der Waals surface area contributed by atoms with E-state index in [1.807, 2.05) is 19.1 Å². The van der Waals surface area contributed by atoms with E-state index in [0.717, 1.165) is 50.6 Å². The second-order valence-electron chi connectivity index (χ2n) is 7.77. The molecule has 0 aromatic heterocycles. The van der Waals surface area contributed by atoms with Gasteiger partial charge in [0, 0.05) is 39.3 Å². The lowest BCUT2D eigenvalue weighted by Gasteiger charge is -2.34. The van der Waals surface area contributed by atoms with E-state index in [-0.39, 0.29) is 11.8 Å². The monoisotopic (exact) mass is 420 g/mol. The molecular weight excluding hydrogens is 384 g/mol. The number of hydrogen-bond donors (Lipinski definition) is 2. The van der Waals surface area contributed by atoms with Crippen LogP contribution in [0.15, 0.2) is 12.1 Å². The summed E-state index contributed by atoms with van der Waals surface area (Å²) in [6.45, 7) is 11.0. The smallest absolute Gasteiger partial charge is 0.242 e. The maximum Gasteiger partial charge on any atom is 0.242 e. The fourth-order valence-corrected chi connectivity index (χ4v) is 3.50. The number of methoxy groups -OCH3 is 2. The lowest BCUT2D eigenvalue weighted by atomic mass is 10.1. The van der Waals surface area contributed by atoms with Crippen LogP contribution in [0.4, 0.5) is 0 Å². The largest absolute Gasteiger partial charge is 0.493 e. The molecule has 8 heteroatoms. The molecule has 1 aliphatic heterocycles. The summed E-state index contributed by atoms with van der Waals surface area (Å²) in [5.74, 6) is 1.23. The number of amides is 2. The molecule has 0 unspecified atom stereocenters. The maximum absolute atomic E-state index is 12.3. The van der Waals surface area contributed by atoms with Crippen molar-refractivity contribution in [3.05, 3.63) is 23.3 Å². The van der Waals surface area contributed by atoms with E-state index in [1.54, 1.807) is 21.1 Å². The van der Waals surface area contributed by atoms with Crippen molar-refractivity contribution in [2.45, 2.75) is 39.8 Å². The third kappa shape index (κ3) is 6.88. The first-order valence-electron chi connectivity index (χ1n) is 10.6. The number of piperazine rings is 1. The van der Waals surface area contributed by atoms with Gasteiger partial charge in [-0.2, -0.15) is 0 Å². The molecule has 1 atom stereocenters. The van der Waals surface area contributed by atoms with E-state index in [1.165, 1.54) is 11.1 Å². The van der Waals surface area contributed by atoms with E-state index in [0.29, 0.717) is 13.1 Å². The van der Waals surface area contributed by atoms with Gasteiger partial charge in [-0.05, 0) is 43.5 Å². The molecule has 1 heterocycles. The van der Waals surface area contributed by atoms with Crippen LogP contribution in [0.25, 0.3) is 0 Å². The first-order chi connectivity index (χ1) is 14.4. The number of nitrogens with one attached hydrogen (secondary N) is 2. The Balaban J connectivity index is 1.80. The highest BCUT2D eigenvalue weighted by atomic mass is 16.5. The van der Waals surface area contributed by atoms with Crippen LogP contribution in [0.1, 0.15) is 31.4 Å². The van der Waals surface area contributed by atoms with Gasteiger partial charge in [-0.1, -0.05) is 6.92 Å². The third-order valence-electron chi connectivity index (χ3n) is 5.39. The van der Waals surface area contributed by atoms with Crippen molar-refractivity contribution in [2.24, 2.45) is 0 Å². The molecule has 0 aliphatic carbocycles. The van der Waals surface area contributed by atoms with Gasteiger partial charge in [0.1, 0.15) is 6.04 Å². The summed E-state index contributed by atoms with van der Waals surface area (Å²) < 4.78 is 10.8. The minimum absolute atomic E-state index is 0.113. The van der Waals surface area contributed by atoms with Gasteiger partial charge in [-0.25, -0.2) is 0 Å². The predicted molar refractivity (Wildman–Crippen MR) is 117 cm³/mol. The van der Waals surface area contributed by atoms with E-state index in [9.17, 15) is 9.59 Å². The van der Waals surface area contributed by atoms with Crippen LogP contribution in [-0.2, 0) is 16.1 Å². The summed E-state index contributed by atoms with van der Waals surface area (Å²) >= 11 is 0. The van der Waals surface area contributed by atoms with Crippen molar-refractivity contribution < 1.29 is 19.1 Å². The molecule has 1 aliphatic rings. The minimum atomic E-state index is -0.515. The number of aryl methyl sites for hydroxylation is 1. The van der Waals surface area contributed by atoms with Crippen LogP contribution in [-0.4, -0.2) is 81.1 Å². The fraction of sp³-hybridized carbons (Fsp3) is 0.636. The van der Waals surface area contributed by atoms with Crippen LogP contribution >= 0.6 is 0 Å². The molecule has 1 aromatic rings. The Morgan fingerprint density at radius 2 is 1.67 bits per heavy atom. The van der Waals surface area contributed by atoms with Crippen molar-refractivity contribution in [2.75, 3.05) is 53.5 Å². The topological polar surface area (TPSA) is 83.1 Å². The predicted octanol–water partition coefficient (Wildman–Crippen LogP) is 1.16. The molecule has 1 aromatic carbocycles. The number of carbonyl (C=O) groups is 2. The number of ether oxygens (including phenoxy) is 2. The number of nitrogens with zero attached hydrogens (tertiary/aromatic N) is 2. The molecule has 0 saturated carbocycles. The molecule has 2 N–H and O–H groups in total. The van der Waals surface area contributed by atoms with Crippen LogP contribution in [0.5, 0.6) is 11.5 Å². The second kappa shape index (κ2) is 11.8. The molecule has 0 bridgehead atoms. The van der Waals surface area contributed by atoms with Crippen molar-refractivity contribution in [3.8, 4) is 11.5 Å². The molecule has 0 radical (unpaired) electrons. The van der Waals surface area contributed by atoms with Gasteiger partial charge in [0.15, 0.2) is 11.5 Å². The Hall–Kier alpha value is -2.32. The summed E-state index contributed by atoms with van der Waals surface area (Å²) in [4.78, 5) is 28.7. The summed E-state index contributed by atoms with van der Waals surface area (Å²) in [6.07, 6.45) is 0.875. The quantitative estimate of drug-likeness (QED) is 0.591. The van der Waals surface area contributed by atoms with Crippen molar-refractivity contribution in [3.63, 3.8) is 0 Å². The van der Waals surface area contributed by atoms with E-state index >= 15 is 0 Å². The summed E-state index contributed by atoms with van der Waals surface area (Å²) in [7, 11) is 3.29. The van der Waals surface area contributed by atoms with Crippen molar-refractivity contribution >= 4 is 11.8 Å². The summed E-state index contributed by atoms with van der Waals surface area (Å²) in [5, 5.41) is 5.58. The van der Waals surface area contributed by atoms with Crippen LogP contribution in [0.2, 0.25) is 0 Å². The fourth-order valence-electron chi connectivity index (χ4n) is 3.50. The highest BCUT2D eigenvalue weighted by Gasteiger charge is 2.22. The third-order valence-corrected chi connectivity index (χ3v) is 5.39. The molecule has 8 nitrogen and oxygen atoms in total. The molecule has 2 amide bonds. The Bertz CT molecular complexity index is 717. The first kappa shape index (κ1) is 24.0.